The van der Waals surface area contributed by atoms with Gasteiger partial charge in [-0.1, -0.05) is 11.2 Å². The Balaban J connectivity index is 1.82. The van der Waals surface area contributed by atoms with Gasteiger partial charge in [-0.05, 0) is 37.3 Å². The van der Waals surface area contributed by atoms with Crippen molar-refractivity contribution < 1.29 is 4.52 Å². The van der Waals surface area contributed by atoms with Gasteiger partial charge < -0.3 is 9.84 Å². The van der Waals surface area contributed by atoms with E-state index < -0.39 is 0 Å². The van der Waals surface area contributed by atoms with Gasteiger partial charge in [0.2, 0.25) is 5.95 Å². The summed E-state index contributed by atoms with van der Waals surface area (Å²) in [4.78, 5) is 12.9. The molecule has 3 aromatic heterocycles. The van der Waals surface area contributed by atoms with Crippen LogP contribution in [0.3, 0.4) is 0 Å². The molecule has 0 saturated heterocycles. The Morgan fingerprint density at radius 1 is 1.08 bits per heavy atom. The summed E-state index contributed by atoms with van der Waals surface area (Å²) in [5, 5.41) is 8.19. The first kappa shape index (κ1) is 14.3. The van der Waals surface area contributed by atoms with Crippen molar-refractivity contribution in [3.63, 3.8) is 0 Å². The Bertz CT molecular complexity index is 981. The Morgan fingerprint density at radius 3 is 2.88 bits per heavy atom. The minimum atomic E-state index is 0.618. The third-order valence-corrected chi connectivity index (χ3v) is 3.69. The van der Waals surface area contributed by atoms with Crippen LogP contribution in [0.1, 0.15) is 6.92 Å². The fourth-order valence-electron chi connectivity index (χ4n) is 2.57. The van der Waals surface area contributed by atoms with Crippen LogP contribution in [0.5, 0.6) is 0 Å². The maximum atomic E-state index is 5.52. The normalized spacial score (nSPS) is 10.9. The number of aromatic nitrogens is 4. The highest BCUT2D eigenvalue weighted by molar-refractivity contribution is 5.94. The van der Waals surface area contributed by atoms with E-state index in [0.29, 0.717) is 11.7 Å². The van der Waals surface area contributed by atoms with Crippen LogP contribution >= 0.6 is 0 Å². The molecule has 0 saturated carbocycles. The first-order chi connectivity index (χ1) is 11.8. The summed E-state index contributed by atoms with van der Waals surface area (Å²) in [6, 6.07) is 11.7. The van der Waals surface area contributed by atoms with Crippen molar-refractivity contribution in [1.29, 1.82) is 0 Å². The number of fused-ring (bicyclic) bond motifs is 1. The molecule has 0 atom stereocenters. The third kappa shape index (κ3) is 2.58. The van der Waals surface area contributed by atoms with Gasteiger partial charge in [0.25, 0.3) is 0 Å². The van der Waals surface area contributed by atoms with Crippen LogP contribution in [0.25, 0.3) is 33.5 Å². The monoisotopic (exact) mass is 317 g/mol. The molecule has 6 heteroatoms. The molecule has 0 aliphatic heterocycles. The van der Waals surface area contributed by atoms with E-state index in [4.69, 9.17) is 4.52 Å². The van der Waals surface area contributed by atoms with E-state index >= 15 is 0 Å². The molecule has 0 amide bonds. The van der Waals surface area contributed by atoms with Crippen LogP contribution in [0.15, 0.2) is 59.5 Å². The van der Waals surface area contributed by atoms with Gasteiger partial charge in [0, 0.05) is 36.3 Å². The van der Waals surface area contributed by atoms with E-state index in [9.17, 15) is 0 Å². The topological polar surface area (TPSA) is 76.7 Å². The zero-order valence-corrected chi connectivity index (χ0v) is 13.1. The Kier molecular flexibility index (Phi) is 3.63. The van der Waals surface area contributed by atoms with Gasteiger partial charge in [-0.3, -0.25) is 4.98 Å². The SMILES string of the molecule is CCNc1nccc(-c2ccc3noc(-c4cccnc4)c3c2)n1. The second-order valence-corrected chi connectivity index (χ2v) is 5.28. The van der Waals surface area contributed by atoms with Crippen molar-refractivity contribution in [3.8, 4) is 22.6 Å². The molecule has 0 unspecified atom stereocenters. The van der Waals surface area contributed by atoms with E-state index in [-0.39, 0.29) is 0 Å². The van der Waals surface area contributed by atoms with Crippen LogP contribution in [0, 0.1) is 0 Å². The summed E-state index contributed by atoms with van der Waals surface area (Å²) < 4.78 is 5.52. The lowest BCUT2D eigenvalue weighted by atomic mass is 10.1. The fraction of sp³-hybridized carbons (Fsp3) is 0.111. The number of nitrogens with zero attached hydrogens (tertiary/aromatic N) is 4. The summed E-state index contributed by atoms with van der Waals surface area (Å²) in [6.07, 6.45) is 5.25. The third-order valence-electron chi connectivity index (χ3n) is 3.69. The van der Waals surface area contributed by atoms with Crippen molar-refractivity contribution in [1.82, 2.24) is 20.1 Å². The Hall–Kier alpha value is -3.28. The van der Waals surface area contributed by atoms with Gasteiger partial charge in [-0.15, -0.1) is 0 Å². The summed E-state index contributed by atoms with van der Waals surface area (Å²) in [5.74, 6) is 1.33. The number of anilines is 1. The maximum absolute atomic E-state index is 5.52. The molecular weight excluding hydrogens is 302 g/mol. The minimum absolute atomic E-state index is 0.618. The summed E-state index contributed by atoms with van der Waals surface area (Å²) in [7, 11) is 0. The number of nitrogens with one attached hydrogen (secondary N) is 1. The zero-order valence-electron chi connectivity index (χ0n) is 13.1. The van der Waals surface area contributed by atoms with Gasteiger partial charge in [-0.25, -0.2) is 9.97 Å². The number of hydrogen-bond acceptors (Lipinski definition) is 6. The lowest BCUT2D eigenvalue weighted by Crippen LogP contribution is -2.02. The van der Waals surface area contributed by atoms with E-state index in [1.807, 2.05) is 43.3 Å². The quantitative estimate of drug-likeness (QED) is 0.617. The fourth-order valence-corrected chi connectivity index (χ4v) is 2.57. The predicted molar refractivity (Wildman–Crippen MR) is 92.4 cm³/mol. The molecule has 4 aromatic rings. The van der Waals surface area contributed by atoms with Gasteiger partial charge in [-0.2, -0.15) is 0 Å². The summed E-state index contributed by atoms with van der Waals surface area (Å²) in [6.45, 7) is 2.79. The van der Waals surface area contributed by atoms with Crippen LogP contribution in [0.4, 0.5) is 5.95 Å². The average molecular weight is 317 g/mol. The van der Waals surface area contributed by atoms with Crippen molar-refractivity contribution >= 4 is 16.9 Å². The highest BCUT2D eigenvalue weighted by Crippen LogP contribution is 2.31. The second kappa shape index (κ2) is 6.08. The molecule has 0 spiro atoms. The smallest absolute Gasteiger partial charge is 0.223 e. The molecule has 6 nitrogen and oxygen atoms in total. The van der Waals surface area contributed by atoms with Gasteiger partial charge in [0.1, 0.15) is 5.52 Å². The van der Waals surface area contributed by atoms with Gasteiger partial charge in [0.05, 0.1) is 11.1 Å². The Morgan fingerprint density at radius 2 is 2.04 bits per heavy atom. The number of rotatable bonds is 4. The van der Waals surface area contributed by atoms with Crippen molar-refractivity contribution in [2.45, 2.75) is 6.92 Å². The number of hydrogen-bond donors (Lipinski definition) is 1. The molecular formula is C18H15N5O. The van der Waals surface area contributed by atoms with E-state index in [1.54, 1.807) is 18.6 Å². The highest BCUT2D eigenvalue weighted by Gasteiger charge is 2.12. The molecule has 118 valence electrons. The highest BCUT2D eigenvalue weighted by atomic mass is 16.5. The van der Waals surface area contributed by atoms with Gasteiger partial charge in [0.15, 0.2) is 5.76 Å². The zero-order chi connectivity index (χ0) is 16.4. The average Bonchev–Trinajstić information content (AvgIpc) is 3.06. The molecule has 1 N–H and O–H groups in total. The molecule has 3 heterocycles. The lowest BCUT2D eigenvalue weighted by Gasteiger charge is -2.05. The molecule has 0 bridgehead atoms. The predicted octanol–water partition coefficient (Wildman–Crippen LogP) is 3.78. The molecule has 0 aliphatic carbocycles. The van der Waals surface area contributed by atoms with Gasteiger partial charge >= 0.3 is 0 Å². The van der Waals surface area contributed by atoms with Crippen LogP contribution < -0.4 is 5.32 Å². The first-order valence-corrected chi connectivity index (χ1v) is 7.72. The van der Waals surface area contributed by atoms with E-state index in [2.05, 4.69) is 25.4 Å². The summed E-state index contributed by atoms with van der Waals surface area (Å²) >= 11 is 0. The molecule has 0 radical (unpaired) electrons. The number of benzene rings is 1. The van der Waals surface area contributed by atoms with E-state index in [1.165, 1.54) is 0 Å². The van der Waals surface area contributed by atoms with Crippen molar-refractivity contribution in [2.75, 3.05) is 11.9 Å². The maximum Gasteiger partial charge on any atom is 0.223 e. The Labute approximate surface area is 138 Å². The summed E-state index contributed by atoms with van der Waals surface area (Å²) in [5.41, 5.74) is 3.53. The first-order valence-electron chi connectivity index (χ1n) is 7.72. The molecule has 1 aromatic carbocycles. The molecule has 0 aliphatic rings. The van der Waals surface area contributed by atoms with Crippen LogP contribution in [-0.4, -0.2) is 26.7 Å². The molecule has 0 fully saturated rings. The standard InChI is InChI=1S/C18H15N5O/c1-2-20-18-21-9-7-15(22-18)12-5-6-16-14(10-12)17(24-23-16)13-4-3-8-19-11-13/h3-11H,2H2,1H3,(H,20,21,22). The molecule has 4 rings (SSSR count). The van der Waals surface area contributed by atoms with Crippen LogP contribution in [-0.2, 0) is 0 Å². The van der Waals surface area contributed by atoms with Crippen molar-refractivity contribution in [2.24, 2.45) is 0 Å². The van der Waals surface area contributed by atoms with E-state index in [0.717, 1.165) is 34.3 Å². The van der Waals surface area contributed by atoms with Crippen LogP contribution in [0.2, 0.25) is 0 Å². The second-order valence-electron chi connectivity index (χ2n) is 5.28. The lowest BCUT2D eigenvalue weighted by molar-refractivity contribution is 0.441. The minimum Gasteiger partial charge on any atom is -0.355 e. The van der Waals surface area contributed by atoms with Crippen molar-refractivity contribution in [3.05, 3.63) is 55.0 Å². The number of pyridine rings is 1. The largest absolute Gasteiger partial charge is 0.355 e. The molecule has 24 heavy (non-hydrogen) atoms.